The lowest BCUT2D eigenvalue weighted by Gasteiger charge is -1.99. The molecule has 3 aromatic heterocycles. The Morgan fingerprint density at radius 2 is 2.24 bits per heavy atom. The molecule has 0 aromatic carbocycles. The summed E-state index contributed by atoms with van der Waals surface area (Å²) < 4.78 is 3.54. The number of carbonyl (C=O) groups excluding carboxylic acids is 1. The van der Waals surface area contributed by atoms with Gasteiger partial charge in [-0.15, -0.1) is 0 Å². The van der Waals surface area contributed by atoms with Crippen molar-refractivity contribution in [2.75, 3.05) is 0 Å². The molecule has 0 radical (unpaired) electrons. The van der Waals surface area contributed by atoms with Crippen molar-refractivity contribution in [3.63, 3.8) is 0 Å². The maximum Gasteiger partial charge on any atom is 0.159 e. The average molecular weight is 281 g/mol. The molecule has 0 aliphatic heterocycles. The molecule has 6 nitrogen and oxygen atoms in total. The molecule has 3 aromatic rings. The standard InChI is InChI=1S/C15H15N5O/c1-19-9-11(8-16-19)12-3-2-4-15-17-14(18-20(12)15)7-13(21)10-5-6-10/h2-4,8-10H,5-7H2,1H3. The number of nitrogens with zero attached hydrogens (tertiary/aromatic N) is 5. The highest BCUT2D eigenvalue weighted by molar-refractivity contribution is 5.84. The summed E-state index contributed by atoms with van der Waals surface area (Å²) in [5.74, 6) is 1.10. The molecule has 1 fully saturated rings. The van der Waals surface area contributed by atoms with Gasteiger partial charge in [0.1, 0.15) is 5.78 Å². The Labute approximate surface area is 121 Å². The summed E-state index contributed by atoms with van der Waals surface area (Å²) in [5, 5.41) is 8.68. The molecule has 0 spiro atoms. The van der Waals surface area contributed by atoms with E-state index in [1.54, 1.807) is 15.4 Å². The lowest BCUT2D eigenvalue weighted by molar-refractivity contribution is -0.119. The van der Waals surface area contributed by atoms with Crippen molar-refractivity contribution in [2.24, 2.45) is 13.0 Å². The van der Waals surface area contributed by atoms with Gasteiger partial charge in [-0.05, 0) is 25.0 Å². The predicted molar refractivity (Wildman–Crippen MR) is 76.6 cm³/mol. The molecule has 6 heteroatoms. The number of ketones is 1. The molecule has 106 valence electrons. The summed E-state index contributed by atoms with van der Waals surface area (Å²) in [6, 6.07) is 5.82. The lowest BCUT2D eigenvalue weighted by Crippen LogP contribution is -2.06. The molecule has 0 saturated heterocycles. The Morgan fingerprint density at radius 1 is 1.38 bits per heavy atom. The van der Waals surface area contributed by atoms with Gasteiger partial charge in [-0.1, -0.05) is 6.07 Å². The van der Waals surface area contributed by atoms with Crippen molar-refractivity contribution in [3.05, 3.63) is 36.4 Å². The van der Waals surface area contributed by atoms with Crippen molar-refractivity contribution in [2.45, 2.75) is 19.3 Å². The molecule has 3 heterocycles. The SMILES string of the molecule is Cn1cc(-c2cccc3nc(CC(=O)C4CC4)nn23)cn1. The summed E-state index contributed by atoms with van der Waals surface area (Å²) in [7, 11) is 1.88. The van der Waals surface area contributed by atoms with Crippen LogP contribution in [0.2, 0.25) is 0 Å². The van der Waals surface area contributed by atoms with Crippen LogP contribution in [0.1, 0.15) is 18.7 Å². The second kappa shape index (κ2) is 4.51. The van der Waals surface area contributed by atoms with Crippen LogP contribution in [0, 0.1) is 5.92 Å². The number of rotatable bonds is 4. The van der Waals surface area contributed by atoms with Crippen molar-refractivity contribution >= 4 is 11.4 Å². The number of pyridine rings is 1. The zero-order valence-electron chi connectivity index (χ0n) is 11.7. The first-order valence-corrected chi connectivity index (χ1v) is 7.07. The van der Waals surface area contributed by atoms with Crippen LogP contribution in [0.25, 0.3) is 16.9 Å². The monoisotopic (exact) mass is 281 g/mol. The van der Waals surface area contributed by atoms with E-state index in [0.29, 0.717) is 12.2 Å². The van der Waals surface area contributed by atoms with E-state index in [9.17, 15) is 4.79 Å². The van der Waals surface area contributed by atoms with Crippen LogP contribution < -0.4 is 0 Å². The highest BCUT2D eigenvalue weighted by Crippen LogP contribution is 2.30. The molecule has 4 rings (SSSR count). The molecule has 21 heavy (non-hydrogen) atoms. The van der Waals surface area contributed by atoms with E-state index >= 15 is 0 Å². The summed E-state index contributed by atoms with van der Waals surface area (Å²) in [4.78, 5) is 16.4. The minimum atomic E-state index is 0.245. The van der Waals surface area contributed by atoms with Crippen LogP contribution in [0.5, 0.6) is 0 Å². The van der Waals surface area contributed by atoms with Gasteiger partial charge in [-0.2, -0.15) is 10.2 Å². The molecule has 1 saturated carbocycles. The summed E-state index contributed by atoms with van der Waals surface area (Å²) in [6.45, 7) is 0. The zero-order chi connectivity index (χ0) is 14.4. The maximum atomic E-state index is 11.9. The molecular weight excluding hydrogens is 266 g/mol. The van der Waals surface area contributed by atoms with E-state index in [0.717, 1.165) is 29.7 Å². The van der Waals surface area contributed by atoms with Gasteiger partial charge in [0, 0.05) is 24.7 Å². The van der Waals surface area contributed by atoms with Gasteiger partial charge in [-0.25, -0.2) is 9.50 Å². The predicted octanol–water partition coefficient (Wildman–Crippen LogP) is 1.65. The van der Waals surface area contributed by atoms with Crippen LogP contribution >= 0.6 is 0 Å². The number of carbonyl (C=O) groups is 1. The molecule has 0 bridgehead atoms. The average Bonchev–Trinajstić information content (AvgIpc) is 3.11. The fourth-order valence-electron chi connectivity index (χ4n) is 2.50. The first-order valence-electron chi connectivity index (χ1n) is 7.07. The Hall–Kier alpha value is -2.50. The highest BCUT2D eigenvalue weighted by atomic mass is 16.1. The fourth-order valence-corrected chi connectivity index (χ4v) is 2.50. The molecule has 0 unspecified atom stereocenters. The van der Waals surface area contributed by atoms with Crippen LogP contribution in [0.15, 0.2) is 30.6 Å². The Kier molecular flexibility index (Phi) is 2.63. The number of aryl methyl sites for hydroxylation is 1. The number of aromatic nitrogens is 5. The Bertz CT molecular complexity index is 828. The van der Waals surface area contributed by atoms with E-state index in [1.165, 1.54) is 0 Å². The molecule has 0 atom stereocenters. The number of fused-ring (bicyclic) bond motifs is 1. The maximum absolute atomic E-state index is 11.9. The van der Waals surface area contributed by atoms with Crippen molar-refractivity contribution in [1.82, 2.24) is 24.4 Å². The molecular formula is C15H15N5O. The summed E-state index contributed by atoms with van der Waals surface area (Å²) >= 11 is 0. The zero-order valence-corrected chi connectivity index (χ0v) is 11.7. The smallest absolute Gasteiger partial charge is 0.159 e. The van der Waals surface area contributed by atoms with Gasteiger partial charge in [0.2, 0.25) is 0 Å². The minimum Gasteiger partial charge on any atom is -0.299 e. The van der Waals surface area contributed by atoms with Crippen LogP contribution in [0.4, 0.5) is 0 Å². The van der Waals surface area contributed by atoms with E-state index < -0.39 is 0 Å². The van der Waals surface area contributed by atoms with Crippen molar-refractivity contribution in [1.29, 1.82) is 0 Å². The topological polar surface area (TPSA) is 65.1 Å². The third kappa shape index (κ3) is 2.22. The number of Topliss-reactive ketones (excluding diaryl/α,β-unsaturated/α-hetero) is 1. The first-order chi connectivity index (χ1) is 10.2. The van der Waals surface area contributed by atoms with E-state index in [-0.39, 0.29) is 11.7 Å². The minimum absolute atomic E-state index is 0.245. The Balaban J connectivity index is 1.74. The highest BCUT2D eigenvalue weighted by Gasteiger charge is 2.30. The van der Waals surface area contributed by atoms with Crippen LogP contribution in [-0.2, 0) is 18.3 Å². The normalized spacial score (nSPS) is 14.7. The van der Waals surface area contributed by atoms with Gasteiger partial charge in [0.05, 0.1) is 18.3 Å². The van der Waals surface area contributed by atoms with Gasteiger partial charge < -0.3 is 0 Å². The van der Waals surface area contributed by atoms with Crippen LogP contribution in [-0.4, -0.2) is 30.2 Å². The molecule has 0 N–H and O–H groups in total. The first kappa shape index (κ1) is 12.3. The number of hydrogen-bond acceptors (Lipinski definition) is 4. The van der Waals surface area contributed by atoms with Crippen molar-refractivity contribution < 1.29 is 4.79 Å². The van der Waals surface area contributed by atoms with E-state index in [4.69, 9.17) is 0 Å². The third-order valence-corrected chi connectivity index (χ3v) is 3.77. The summed E-state index contributed by atoms with van der Waals surface area (Å²) in [5.41, 5.74) is 2.67. The van der Waals surface area contributed by atoms with Gasteiger partial charge in [0.25, 0.3) is 0 Å². The third-order valence-electron chi connectivity index (χ3n) is 3.77. The molecule has 0 amide bonds. The van der Waals surface area contributed by atoms with E-state index in [2.05, 4.69) is 15.2 Å². The van der Waals surface area contributed by atoms with Gasteiger partial charge >= 0.3 is 0 Å². The molecule has 1 aliphatic rings. The fraction of sp³-hybridized carbons (Fsp3) is 0.333. The number of hydrogen-bond donors (Lipinski definition) is 0. The van der Waals surface area contributed by atoms with Gasteiger partial charge in [-0.3, -0.25) is 9.48 Å². The van der Waals surface area contributed by atoms with Crippen molar-refractivity contribution in [3.8, 4) is 11.3 Å². The summed E-state index contributed by atoms with van der Waals surface area (Å²) in [6.07, 6.45) is 6.11. The quantitative estimate of drug-likeness (QED) is 0.729. The molecule has 1 aliphatic carbocycles. The second-order valence-corrected chi connectivity index (χ2v) is 5.53. The largest absolute Gasteiger partial charge is 0.299 e. The second-order valence-electron chi connectivity index (χ2n) is 5.53. The van der Waals surface area contributed by atoms with E-state index in [1.807, 2.05) is 31.4 Å². The lowest BCUT2D eigenvalue weighted by atomic mass is 10.2. The van der Waals surface area contributed by atoms with Gasteiger partial charge in [0.15, 0.2) is 11.5 Å². The Morgan fingerprint density at radius 3 is 2.95 bits per heavy atom. The van der Waals surface area contributed by atoms with Crippen LogP contribution in [0.3, 0.4) is 0 Å².